The Morgan fingerprint density at radius 2 is 1.78 bits per heavy atom. The number of ether oxygens (including phenoxy) is 4. The molecule has 0 saturated carbocycles. The van der Waals surface area contributed by atoms with E-state index in [1.807, 2.05) is 18.2 Å². The molecule has 2 aromatic carbocycles. The molecule has 0 amide bonds. The first-order chi connectivity index (χ1) is 15.5. The van der Waals surface area contributed by atoms with Crippen molar-refractivity contribution in [3.05, 3.63) is 48.0 Å². The molecule has 2 aliphatic heterocycles. The molecule has 0 spiro atoms. The fourth-order valence-corrected chi connectivity index (χ4v) is 5.20. The van der Waals surface area contributed by atoms with Crippen molar-refractivity contribution in [3.8, 4) is 17.2 Å². The van der Waals surface area contributed by atoms with Gasteiger partial charge in [-0.3, -0.25) is 0 Å². The van der Waals surface area contributed by atoms with Gasteiger partial charge in [0.25, 0.3) is 0 Å². The Balaban J connectivity index is 1.31. The van der Waals surface area contributed by atoms with Gasteiger partial charge in [0.15, 0.2) is 18.1 Å². The van der Waals surface area contributed by atoms with E-state index in [9.17, 15) is 13.2 Å². The smallest absolute Gasteiger partial charge is 0.344 e. The second kappa shape index (κ2) is 9.76. The van der Waals surface area contributed by atoms with Crippen LogP contribution in [0.15, 0.2) is 47.4 Å². The van der Waals surface area contributed by atoms with Crippen molar-refractivity contribution in [2.75, 3.05) is 46.2 Å². The third-order valence-electron chi connectivity index (χ3n) is 5.44. The molecule has 0 aromatic heterocycles. The van der Waals surface area contributed by atoms with Gasteiger partial charge in [0.05, 0.1) is 37.7 Å². The maximum absolute atomic E-state index is 13.0. The fourth-order valence-electron chi connectivity index (χ4n) is 3.76. The van der Waals surface area contributed by atoms with Gasteiger partial charge in [-0.25, -0.2) is 13.2 Å². The zero-order valence-corrected chi connectivity index (χ0v) is 18.7. The number of rotatable bonds is 8. The Morgan fingerprint density at radius 1 is 1.06 bits per heavy atom. The number of nitrogens with zero attached hydrogens (tertiary/aromatic N) is 1. The van der Waals surface area contributed by atoms with E-state index in [2.05, 4.69) is 0 Å². The molecular weight excluding hydrogens is 436 g/mol. The molecule has 0 bridgehead atoms. The Kier molecular flexibility index (Phi) is 6.83. The van der Waals surface area contributed by atoms with E-state index in [-0.39, 0.29) is 24.9 Å². The van der Waals surface area contributed by atoms with Crippen LogP contribution in [0.3, 0.4) is 0 Å². The molecule has 0 atom stereocenters. The third kappa shape index (κ3) is 5.14. The lowest BCUT2D eigenvalue weighted by Crippen LogP contribution is -3.13. The highest BCUT2D eigenvalue weighted by Crippen LogP contribution is 2.32. The third-order valence-corrected chi connectivity index (χ3v) is 7.36. The second-order valence-corrected chi connectivity index (χ2v) is 9.52. The summed E-state index contributed by atoms with van der Waals surface area (Å²) in [6.45, 7) is 5.17. The van der Waals surface area contributed by atoms with Crippen LogP contribution in [0.25, 0.3) is 0 Å². The minimum atomic E-state index is -3.59. The van der Waals surface area contributed by atoms with Gasteiger partial charge in [0.1, 0.15) is 12.3 Å². The average Bonchev–Trinajstić information content (AvgIpc) is 3.26. The summed E-state index contributed by atoms with van der Waals surface area (Å²) in [5.74, 6) is 1.47. The average molecular weight is 464 g/mol. The molecule has 1 fully saturated rings. The summed E-state index contributed by atoms with van der Waals surface area (Å²) < 4.78 is 48.5. The fraction of sp³-hybridized carbons (Fsp3) is 0.409. The van der Waals surface area contributed by atoms with E-state index in [4.69, 9.17) is 18.9 Å². The normalized spacial score (nSPS) is 16.7. The van der Waals surface area contributed by atoms with Gasteiger partial charge < -0.3 is 23.8 Å². The Hall–Kier alpha value is -2.82. The first kappa shape index (κ1) is 22.4. The Morgan fingerprint density at radius 3 is 2.50 bits per heavy atom. The summed E-state index contributed by atoms with van der Waals surface area (Å²) in [5.41, 5.74) is 1.14. The van der Waals surface area contributed by atoms with Crippen molar-refractivity contribution in [2.45, 2.75) is 18.4 Å². The van der Waals surface area contributed by atoms with E-state index in [1.165, 1.54) is 21.3 Å². The van der Waals surface area contributed by atoms with Crippen LogP contribution >= 0.6 is 0 Å². The molecule has 0 unspecified atom stereocenters. The van der Waals surface area contributed by atoms with Crippen LogP contribution in [0.1, 0.15) is 12.5 Å². The van der Waals surface area contributed by atoms with Crippen LogP contribution in [0, 0.1) is 0 Å². The molecule has 32 heavy (non-hydrogen) atoms. The molecule has 9 nitrogen and oxygen atoms in total. The molecule has 10 heteroatoms. The van der Waals surface area contributed by atoms with Crippen LogP contribution in [-0.2, 0) is 26.1 Å². The summed E-state index contributed by atoms with van der Waals surface area (Å²) in [6, 6.07) is 12.0. The molecular formula is C22H27N2O7S+. The number of carbonyl (C=O) groups excluding carboxylic acids is 1. The monoisotopic (exact) mass is 463 g/mol. The van der Waals surface area contributed by atoms with Crippen LogP contribution in [0.2, 0.25) is 0 Å². The van der Waals surface area contributed by atoms with Gasteiger partial charge >= 0.3 is 5.97 Å². The van der Waals surface area contributed by atoms with Crippen molar-refractivity contribution in [2.24, 2.45) is 0 Å². The molecule has 2 aromatic rings. The summed E-state index contributed by atoms with van der Waals surface area (Å²) >= 11 is 0. The number of nitrogens with one attached hydrogen (secondary N) is 1. The largest absolute Gasteiger partial charge is 0.482 e. The van der Waals surface area contributed by atoms with E-state index >= 15 is 0 Å². The quantitative estimate of drug-likeness (QED) is 0.568. The first-order valence-electron chi connectivity index (χ1n) is 10.6. The second-order valence-electron chi connectivity index (χ2n) is 7.58. The molecule has 0 radical (unpaired) electrons. The summed E-state index contributed by atoms with van der Waals surface area (Å²) in [7, 11) is -3.59. The van der Waals surface area contributed by atoms with Gasteiger partial charge in [0.2, 0.25) is 16.8 Å². The zero-order chi connectivity index (χ0) is 22.6. The lowest BCUT2D eigenvalue weighted by Gasteiger charge is -2.31. The molecule has 1 N–H and O–H groups in total. The van der Waals surface area contributed by atoms with Crippen molar-refractivity contribution in [1.29, 1.82) is 0 Å². The number of esters is 1. The zero-order valence-electron chi connectivity index (χ0n) is 17.9. The highest BCUT2D eigenvalue weighted by Gasteiger charge is 2.30. The van der Waals surface area contributed by atoms with Crippen molar-refractivity contribution >= 4 is 16.0 Å². The number of benzene rings is 2. The summed E-state index contributed by atoms with van der Waals surface area (Å²) in [5, 5.41) is 0. The van der Waals surface area contributed by atoms with E-state index in [0.29, 0.717) is 31.9 Å². The molecule has 2 heterocycles. The maximum atomic E-state index is 13.0. The Labute approximate surface area is 187 Å². The predicted octanol–water partition coefficient (Wildman–Crippen LogP) is 0.447. The maximum Gasteiger partial charge on any atom is 0.344 e. The topological polar surface area (TPSA) is 95.8 Å². The van der Waals surface area contributed by atoms with Crippen LogP contribution in [0.4, 0.5) is 0 Å². The van der Waals surface area contributed by atoms with Gasteiger partial charge in [0, 0.05) is 5.56 Å². The number of sulfonamides is 1. The van der Waals surface area contributed by atoms with E-state index in [1.54, 1.807) is 19.1 Å². The van der Waals surface area contributed by atoms with Crippen LogP contribution in [0.5, 0.6) is 17.2 Å². The van der Waals surface area contributed by atoms with Gasteiger partial charge in [-0.2, -0.15) is 4.31 Å². The van der Waals surface area contributed by atoms with Crippen LogP contribution in [-0.4, -0.2) is 64.9 Å². The standard InChI is InChI=1S/C22H26N2O7S/c1-2-28-22(25)15-29-18-4-6-19(7-5-18)32(26,27)24-11-9-23(10-12-24)14-17-3-8-20-21(13-17)31-16-30-20/h3-8,13H,2,9-12,14-16H2,1H3/p+1. The van der Waals surface area contributed by atoms with Crippen molar-refractivity contribution in [1.82, 2.24) is 4.31 Å². The molecule has 1 saturated heterocycles. The first-order valence-corrected chi connectivity index (χ1v) is 12.0. The minimum absolute atomic E-state index is 0.209. The molecule has 0 aliphatic carbocycles. The molecule has 172 valence electrons. The highest BCUT2D eigenvalue weighted by atomic mass is 32.2. The summed E-state index contributed by atoms with van der Waals surface area (Å²) in [4.78, 5) is 12.9. The number of hydrogen-bond acceptors (Lipinski definition) is 7. The number of fused-ring (bicyclic) bond motifs is 1. The Bertz CT molecular complexity index is 1050. The number of carbonyl (C=O) groups is 1. The molecule has 4 rings (SSSR count). The number of piperazine rings is 1. The number of hydrogen-bond donors (Lipinski definition) is 1. The number of quaternary nitrogens is 1. The minimum Gasteiger partial charge on any atom is -0.482 e. The van der Waals surface area contributed by atoms with Gasteiger partial charge in [-0.05, 0) is 49.4 Å². The van der Waals surface area contributed by atoms with E-state index < -0.39 is 16.0 Å². The van der Waals surface area contributed by atoms with Crippen molar-refractivity contribution in [3.63, 3.8) is 0 Å². The molecule has 2 aliphatic rings. The highest BCUT2D eigenvalue weighted by molar-refractivity contribution is 7.89. The van der Waals surface area contributed by atoms with Gasteiger partial charge in [-0.15, -0.1) is 0 Å². The van der Waals surface area contributed by atoms with Crippen LogP contribution < -0.4 is 19.1 Å². The lowest BCUT2D eigenvalue weighted by atomic mass is 10.2. The predicted molar refractivity (Wildman–Crippen MR) is 114 cm³/mol. The van der Waals surface area contributed by atoms with Crippen molar-refractivity contribution < 1.29 is 37.1 Å². The summed E-state index contributed by atoms with van der Waals surface area (Å²) in [6.07, 6.45) is 0. The van der Waals surface area contributed by atoms with Gasteiger partial charge in [-0.1, -0.05) is 0 Å². The lowest BCUT2D eigenvalue weighted by molar-refractivity contribution is -0.917. The SMILES string of the molecule is CCOC(=O)COc1ccc(S(=O)(=O)N2CC[NH+](Cc3ccc4c(c3)OCO4)CC2)cc1. The van der Waals surface area contributed by atoms with E-state index in [0.717, 1.165) is 23.6 Å².